The molecule has 1 atom stereocenters. The largest absolute Gasteiger partial charge is 0.497 e. The molecule has 2 fully saturated rings. The van der Waals surface area contributed by atoms with Crippen LogP contribution in [0.15, 0.2) is 18.2 Å². The van der Waals surface area contributed by atoms with Gasteiger partial charge in [-0.3, -0.25) is 0 Å². The third-order valence-corrected chi connectivity index (χ3v) is 5.03. The second-order valence-electron chi connectivity index (χ2n) is 6.38. The molecule has 1 aliphatic carbocycles. The van der Waals surface area contributed by atoms with Gasteiger partial charge in [0, 0.05) is 30.7 Å². The fraction of sp³-hybridized carbons (Fsp3) is 0.647. The van der Waals surface area contributed by atoms with Crippen molar-refractivity contribution in [2.24, 2.45) is 0 Å². The summed E-state index contributed by atoms with van der Waals surface area (Å²) >= 11 is 0. The molecule has 21 heavy (non-hydrogen) atoms. The Bertz CT molecular complexity index is 498. The molecular weight excluding hydrogens is 264 g/mol. The van der Waals surface area contributed by atoms with Gasteiger partial charge in [-0.15, -0.1) is 0 Å². The van der Waals surface area contributed by atoms with Crippen LogP contribution >= 0.6 is 0 Å². The zero-order valence-corrected chi connectivity index (χ0v) is 13.3. The molecule has 1 aromatic rings. The molecule has 2 aliphatic rings. The number of nitrogens with one attached hydrogen (secondary N) is 1. The quantitative estimate of drug-likeness (QED) is 0.928. The molecule has 4 nitrogen and oxygen atoms in total. The van der Waals surface area contributed by atoms with E-state index in [-0.39, 0.29) is 0 Å². The van der Waals surface area contributed by atoms with Gasteiger partial charge in [0.1, 0.15) is 11.5 Å². The molecule has 3 rings (SSSR count). The number of piperazine rings is 1. The first-order chi connectivity index (χ1) is 10.2. The summed E-state index contributed by atoms with van der Waals surface area (Å²) in [5.41, 5.74) is 1.48. The van der Waals surface area contributed by atoms with E-state index in [1.807, 2.05) is 12.1 Å². The summed E-state index contributed by atoms with van der Waals surface area (Å²) in [6.07, 6.45) is 5.26. The van der Waals surface area contributed by atoms with E-state index in [9.17, 15) is 0 Å². The van der Waals surface area contributed by atoms with Gasteiger partial charge >= 0.3 is 0 Å². The highest BCUT2D eigenvalue weighted by molar-refractivity contribution is 5.62. The van der Waals surface area contributed by atoms with Crippen LogP contribution in [0.5, 0.6) is 11.5 Å². The minimum absolute atomic E-state index is 0.303. The Balaban J connectivity index is 1.90. The normalized spacial score (nSPS) is 24.3. The molecular formula is C17H26N2O2. The summed E-state index contributed by atoms with van der Waals surface area (Å²) in [7, 11) is 3.42. The van der Waals surface area contributed by atoms with E-state index in [0.717, 1.165) is 24.6 Å². The number of methoxy groups -OCH3 is 2. The average Bonchev–Trinajstić information content (AvgIpc) is 2.97. The first kappa shape index (κ1) is 14.5. The van der Waals surface area contributed by atoms with E-state index in [0.29, 0.717) is 11.6 Å². The van der Waals surface area contributed by atoms with Crippen molar-refractivity contribution in [1.29, 1.82) is 0 Å². The third kappa shape index (κ3) is 2.69. The highest BCUT2D eigenvalue weighted by Gasteiger charge is 2.40. The van der Waals surface area contributed by atoms with Gasteiger partial charge in [-0.25, -0.2) is 0 Å². The van der Waals surface area contributed by atoms with Crippen molar-refractivity contribution in [2.75, 3.05) is 32.2 Å². The summed E-state index contributed by atoms with van der Waals surface area (Å²) < 4.78 is 10.9. The molecule has 1 N–H and O–H groups in total. The van der Waals surface area contributed by atoms with Crippen LogP contribution in [0.1, 0.15) is 32.6 Å². The van der Waals surface area contributed by atoms with Crippen LogP contribution in [-0.2, 0) is 0 Å². The molecule has 1 aromatic carbocycles. The number of hydrogen-bond donors (Lipinski definition) is 1. The molecule has 1 heterocycles. The van der Waals surface area contributed by atoms with Crippen LogP contribution in [0.2, 0.25) is 0 Å². The SMILES string of the molecule is COc1ccc(N2CC3(CCCC3)NCC2C)c(OC)c1. The minimum atomic E-state index is 0.303. The summed E-state index contributed by atoms with van der Waals surface area (Å²) in [4.78, 5) is 2.50. The molecule has 4 heteroatoms. The Morgan fingerprint density at radius 2 is 1.95 bits per heavy atom. The van der Waals surface area contributed by atoms with Crippen LogP contribution in [0.4, 0.5) is 5.69 Å². The second-order valence-corrected chi connectivity index (χ2v) is 6.38. The zero-order valence-electron chi connectivity index (χ0n) is 13.3. The predicted octanol–water partition coefficient (Wildman–Crippen LogP) is 2.81. The zero-order chi connectivity index (χ0) is 14.9. The van der Waals surface area contributed by atoms with Gasteiger partial charge in [0.15, 0.2) is 0 Å². The van der Waals surface area contributed by atoms with Gasteiger partial charge in [-0.2, -0.15) is 0 Å². The van der Waals surface area contributed by atoms with E-state index >= 15 is 0 Å². The van der Waals surface area contributed by atoms with E-state index in [4.69, 9.17) is 9.47 Å². The molecule has 1 aliphatic heterocycles. The monoisotopic (exact) mass is 290 g/mol. The first-order valence-electron chi connectivity index (χ1n) is 7.91. The Morgan fingerprint density at radius 1 is 1.19 bits per heavy atom. The number of benzene rings is 1. The van der Waals surface area contributed by atoms with Crippen LogP contribution in [0, 0.1) is 0 Å². The molecule has 0 aromatic heterocycles. The molecule has 0 amide bonds. The highest BCUT2D eigenvalue weighted by Crippen LogP contribution is 2.39. The Hall–Kier alpha value is -1.42. The van der Waals surface area contributed by atoms with Crippen molar-refractivity contribution in [3.05, 3.63) is 18.2 Å². The molecule has 1 unspecified atom stereocenters. The molecule has 0 bridgehead atoms. The number of nitrogens with zero attached hydrogens (tertiary/aromatic N) is 1. The lowest BCUT2D eigenvalue weighted by Gasteiger charge is -2.46. The van der Waals surface area contributed by atoms with Gasteiger partial charge in [-0.1, -0.05) is 12.8 Å². The van der Waals surface area contributed by atoms with Crippen molar-refractivity contribution < 1.29 is 9.47 Å². The maximum absolute atomic E-state index is 5.60. The Morgan fingerprint density at radius 3 is 2.62 bits per heavy atom. The van der Waals surface area contributed by atoms with Gasteiger partial charge < -0.3 is 19.7 Å². The number of rotatable bonds is 3. The Kier molecular flexibility index (Phi) is 3.98. The fourth-order valence-corrected chi connectivity index (χ4v) is 3.74. The van der Waals surface area contributed by atoms with E-state index in [1.54, 1.807) is 14.2 Å². The predicted molar refractivity (Wildman–Crippen MR) is 85.6 cm³/mol. The summed E-state index contributed by atoms with van der Waals surface area (Å²) in [6, 6.07) is 6.60. The average molecular weight is 290 g/mol. The number of anilines is 1. The summed E-state index contributed by atoms with van der Waals surface area (Å²) in [5, 5.41) is 3.80. The van der Waals surface area contributed by atoms with Gasteiger partial charge in [-0.05, 0) is 31.9 Å². The van der Waals surface area contributed by atoms with E-state index in [2.05, 4.69) is 23.2 Å². The van der Waals surface area contributed by atoms with Crippen molar-refractivity contribution in [3.8, 4) is 11.5 Å². The van der Waals surface area contributed by atoms with Crippen LogP contribution < -0.4 is 19.7 Å². The first-order valence-corrected chi connectivity index (χ1v) is 7.91. The smallest absolute Gasteiger partial charge is 0.145 e. The lowest BCUT2D eigenvalue weighted by Crippen LogP contribution is -2.62. The topological polar surface area (TPSA) is 33.7 Å². The molecule has 1 saturated heterocycles. The molecule has 1 spiro atoms. The van der Waals surface area contributed by atoms with Gasteiger partial charge in [0.2, 0.25) is 0 Å². The van der Waals surface area contributed by atoms with Gasteiger partial charge in [0.25, 0.3) is 0 Å². The van der Waals surface area contributed by atoms with Crippen molar-refractivity contribution in [3.63, 3.8) is 0 Å². The van der Waals surface area contributed by atoms with Crippen LogP contribution in [0.25, 0.3) is 0 Å². The summed E-state index contributed by atoms with van der Waals surface area (Å²) in [5.74, 6) is 1.74. The highest BCUT2D eigenvalue weighted by atomic mass is 16.5. The molecule has 0 radical (unpaired) electrons. The number of hydrogen-bond acceptors (Lipinski definition) is 4. The second kappa shape index (κ2) is 5.76. The maximum Gasteiger partial charge on any atom is 0.145 e. The van der Waals surface area contributed by atoms with E-state index < -0.39 is 0 Å². The summed E-state index contributed by atoms with van der Waals surface area (Å²) in [6.45, 7) is 4.38. The van der Waals surface area contributed by atoms with Crippen LogP contribution in [-0.4, -0.2) is 38.9 Å². The van der Waals surface area contributed by atoms with Gasteiger partial charge in [0.05, 0.1) is 19.9 Å². The minimum Gasteiger partial charge on any atom is -0.497 e. The van der Waals surface area contributed by atoms with Crippen molar-refractivity contribution in [1.82, 2.24) is 5.32 Å². The van der Waals surface area contributed by atoms with Crippen molar-refractivity contribution >= 4 is 5.69 Å². The number of ether oxygens (including phenoxy) is 2. The lowest BCUT2D eigenvalue weighted by atomic mass is 9.92. The molecule has 1 saturated carbocycles. The van der Waals surface area contributed by atoms with Crippen molar-refractivity contribution in [2.45, 2.75) is 44.2 Å². The fourth-order valence-electron chi connectivity index (χ4n) is 3.74. The van der Waals surface area contributed by atoms with Crippen LogP contribution in [0.3, 0.4) is 0 Å². The standard InChI is InChI=1S/C17H26N2O2/c1-13-11-18-17(8-4-5-9-17)12-19(13)15-7-6-14(20-2)10-16(15)21-3/h6-7,10,13,18H,4-5,8-9,11-12H2,1-3H3. The maximum atomic E-state index is 5.60. The van der Waals surface area contributed by atoms with E-state index in [1.165, 1.54) is 31.4 Å². The molecule has 116 valence electrons. The Labute approximate surface area is 127 Å². The third-order valence-electron chi connectivity index (χ3n) is 5.03. The lowest BCUT2D eigenvalue weighted by molar-refractivity contribution is 0.275.